The maximum absolute atomic E-state index is 12.4. The second-order valence-electron chi connectivity index (χ2n) is 4.16. The monoisotopic (exact) mass is 276 g/mol. The fourth-order valence-corrected chi connectivity index (χ4v) is 1.74. The Morgan fingerprint density at radius 2 is 2.00 bits per heavy atom. The molecule has 19 heavy (non-hydrogen) atoms. The molecule has 0 aliphatic carbocycles. The molecule has 1 aromatic rings. The van der Waals surface area contributed by atoms with Crippen molar-refractivity contribution in [1.29, 1.82) is 0 Å². The summed E-state index contributed by atoms with van der Waals surface area (Å²) < 4.78 is 37.3. The summed E-state index contributed by atoms with van der Waals surface area (Å²) in [5.74, 6) is -1.26. The number of carbonyl (C=O) groups is 1. The SMILES string of the molecule is CCN(CC(F)(F)F)c1cc(C)c(N)c(C(=O)O)c1. The molecule has 106 valence electrons. The van der Waals surface area contributed by atoms with Gasteiger partial charge in [0.05, 0.1) is 5.56 Å². The highest BCUT2D eigenvalue weighted by Gasteiger charge is 2.30. The van der Waals surface area contributed by atoms with Crippen molar-refractivity contribution < 1.29 is 23.1 Å². The molecular weight excluding hydrogens is 261 g/mol. The van der Waals surface area contributed by atoms with E-state index in [1.165, 1.54) is 12.1 Å². The van der Waals surface area contributed by atoms with Gasteiger partial charge in [-0.15, -0.1) is 0 Å². The van der Waals surface area contributed by atoms with Crippen LogP contribution in [0.15, 0.2) is 12.1 Å². The van der Waals surface area contributed by atoms with E-state index in [1.54, 1.807) is 13.8 Å². The van der Waals surface area contributed by atoms with Gasteiger partial charge in [-0.1, -0.05) is 0 Å². The van der Waals surface area contributed by atoms with Crippen molar-refractivity contribution in [2.75, 3.05) is 23.7 Å². The molecule has 0 atom stereocenters. The minimum absolute atomic E-state index is 0.0688. The number of hydrogen-bond donors (Lipinski definition) is 2. The first kappa shape index (κ1) is 15.1. The zero-order valence-electron chi connectivity index (χ0n) is 10.6. The molecule has 0 aliphatic rings. The van der Waals surface area contributed by atoms with E-state index in [1.807, 2.05) is 0 Å². The van der Waals surface area contributed by atoms with Gasteiger partial charge in [0.15, 0.2) is 0 Å². The summed E-state index contributed by atoms with van der Waals surface area (Å²) in [6.45, 7) is 2.11. The van der Waals surface area contributed by atoms with Gasteiger partial charge in [-0.3, -0.25) is 0 Å². The van der Waals surface area contributed by atoms with E-state index >= 15 is 0 Å². The van der Waals surface area contributed by atoms with Crippen LogP contribution >= 0.6 is 0 Å². The van der Waals surface area contributed by atoms with E-state index in [4.69, 9.17) is 10.8 Å². The Kier molecular flexibility index (Phi) is 4.28. The number of hydrogen-bond acceptors (Lipinski definition) is 3. The number of nitrogen functional groups attached to an aromatic ring is 1. The molecule has 0 bridgehead atoms. The highest BCUT2D eigenvalue weighted by molar-refractivity contribution is 5.95. The van der Waals surface area contributed by atoms with Crippen LogP contribution in [0.2, 0.25) is 0 Å². The van der Waals surface area contributed by atoms with E-state index in [2.05, 4.69) is 0 Å². The lowest BCUT2D eigenvalue weighted by molar-refractivity contribution is -0.119. The highest BCUT2D eigenvalue weighted by atomic mass is 19.4. The predicted molar refractivity (Wildman–Crippen MR) is 66.5 cm³/mol. The van der Waals surface area contributed by atoms with Gasteiger partial charge in [0.2, 0.25) is 0 Å². The van der Waals surface area contributed by atoms with Crippen LogP contribution in [0.4, 0.5) is 24.5 Å². The van der Waals surface area contributed by atoms with Gasteiger partial charge in [0, 0.05) is 17.9 Å². The largest absolute Gasteiger partial charge is 0.478 e. The van der Waals surface area contributed by atoms with Crippen LogP contribution in [0.5, 0.6) is 0 Å². The standard InChI is InChI=1S/C12H15F3N2O2/c1-3-17(6-12(13,14)15)8-4-7(2)10(16)9(5-8)11(18)19/h4-5H,3,6,16H2,1-2H3,(H,18,19). The summed E-state index contributed by atoms with van der Waals surface area (Å²) in [6, 6.07) is 2.62. The number of nitrogens with zero attached hydrogens (tertiary/aromatic N) is 1. The van der Waals surface area contributed by atoms with Crippen molar-refractivity contribution >= 4 is 17.3 Å². The third kappa shape index (κ3) is 3.77. The minimum Gasteiger partial charge on any atom is -0.478 e. The van der Waals surface area contributed by atoms with Crippen LogP contribution < -0.4 is 10.6 Å². The third-order valence-electron chi connectivity index (χ3n) is 2.72. The van der Waals surface area contributed by atoms with Gasteiger partial charge in [-0.2, -0.15) is 13.2 Å². The molecule has 0 aromatic heterocycles. The number of carboxylic acid groups (broad SMARTS) is 1. The van der Waals surface area contributed by atoms with Gasteiger partial charge in [0.1, 0.15) is 6.54 Å². The predicted octanol–water partition coefficient (Wildman–Crippen LogP) is 2.66. The molecule has 3 N–H and O–H groups in total. The molecular formula is C12H15F3N2O2. The molecule has 7 heteroatoms. The van der Waals surface area contributed by atoms with Gasteiger partial charge < -0.3 is 15.7 Å². The quantitative estimate of drug-likeness (QED) is 0.830. The number of carboxylic acids is 1. The fourth-order valence-electron chi connectivity index (χ4n) is 1.74. The first-order valence-electron chi connectivity index (χ1n) is 5.60. The van der Waals surface area contributed by atoms with Crippen LogP contribution in [0.1, 0.15) is 22.8 Å². The van der Waals surface area contributed by atoms with Gasteiger partial charge in [-0.05, 0) is 31.5 Å². The lowest BCUT2D eigenvalue weighted by Crippen LogP contribution is -2.34. The normalized spacial score (nSPS) is 11.4. The Hall–Kier alpha value is -1.92. The lowest BCUT2D eigenvalue weighted by Gasteiger charge is -2.25. The molecule has 0 saturated heterocycles. The molecule has 4 nitrogen and oxygen atoms in total. The Labute approximate surface area is 108 Å². The first-order valence-corrected chi connectivity index (χ1v) is 5.60. The molecule has 0 spiro atoms. The van der Waals surface area contributed by atoms with Gasteiger partial charge >= 0.3 is 12.1 Å². The van der Waals surface area contributed by atoms with Crippen LogP contribution in [0.3, 0.4) is 0 Å². The molecule has 0 fully saturated rings. The number of aromatic carboxylic acids is 1. The van der Waals surface area contributed by atoms with Crippen molar-refractivity contribution in [3.63, 3.8) is 0 Å². The second-order valence-corrected chi connectivity index (χ2v) is 4.16. The maximum atomic E-state index is 12.4. The Balaban J connectivity index is 3.22. The summed E-state index contributed by atoms with van der Waals surface area (Å²) in [6.07, 6.45) is -4.35. The molecule has 0 aliphatic heterocycles. The van der Waals surface area contributed by atoms with E-state index in [0.29, 0.717) is 5.56 Å². The molecule has 0 unspecified atom stereocenters. The molecule has 0 amide bonds. The number of aryl methyl sites for hydroxylation is 1. The molecule has 0 saturated carbocycles. The topological polar surface area (TPSA) is 66.6 Å². The van der Waals surface area contributed by atoms with Gasteiger partial charge in [-0.25, -0.2) is 4.79 Å². The Bertz CT molecular complexity index is 487. The van der Waals surface area contributed by atoms with Crippen LogP contribution in [0.25, 0.3) is 0 Å². The van der Waals surface area contributed by atoms with E-state index in [-0.39, 0.29) is 23.5 Å². The van der Waals surface area contributed by atoms with Crippen LogP contribution in [-0.4, -0.2) is 30.3 Å². The number of benzene rings is 1. The van der Waals surface area contributed by atoms with E-state index < -0.39 is 18.7 Å². The van der Waals surface area contributed by atoms with E-state index in [0.717, 1.165) is 4.90 Å². The summed E-state index contributed by atoms with van der Waals surface area (Å²) in [4.78, 5) is 12.1. The third-order valence-corrected chi connectivity index (χ3v) is 2.72. The molecule has 1 aromatic carbocycles. The van der Waals surface area contributed by atoms with Crippen molar-refractivity contribution in [3.05, 3.63) is 23.3 Å². The average molecular weight is 276 g/mol. The summed E-state index contributed by atoms with van der Waals surface area (Å²) in [5, 5.41) is 8.98. The highest BCUT2D eigenvalue weighted by Crippen LogP contribution is 2.28. The Morgan fingerprint density at radius 1 is 1.42 bits per heavy atom. The van der Waals surface area contributed by atoms with Gasteiger partial charge in [0.25, 0.3) is 0 Å². The van der Waals surface area contributed by atoms with Crippen molar-refractivity contribution in [3.8, 4) is 0 Å². The maximum Gasteiger partial charge on any atom is 0.405 e. The zero-order chi connectivity index (χ0) is 14.8. The summed E-state index contributed by atoms with van der Waals surface area (Å²) >= 11 is 0. The molecule has 1 rings (SSSR count). The molecule has 0 heterocycles. The fraction of sp³-hybridized carbons (Fsp3) is 0.417. The number of halogens is 3. The Morgan fingerprint density at radius 3 is 2.42 bits per heavy atom. The number of anilines is 2. The second kappa shape index (κ2) is 5.38. The number of nitrogens with two attached hydrogens (primary N) is 1. The van der Waals surface area contributed by atoms with Crippen molar-refractivity contribution in [2.24, 2.45) is 0 Å². The van der Waals surface area contributed by atoms with Crippen molar-refractivity contribution in [1.82, 2.24) is 0 Å². The summed E-state index contributed by atoms with van der Waals surface area (Å²) in [7, 11) is 0. The number of rotatable bonds is 4. The zero-order valence-corrected chi connectivity index (χ0v) is 10.6. The summed E-state index contributed by atoms with van der Waals surface area (Å²) in [5.41, 5.74) is 6.12. The van der Waals surface area contributed by atoms with E-state index in [9.17, 15) is 18.0 Å². The first-order chi connectivity index (χ1) is 8.65. The lowest BCUT2D eigenvalue weighted by atomic mass is 10.1. The smallest absolute Gasteiger partial charge is 0.405 e. The van der Waals surface area contributed by atoms with Crippen LogP contribution in [-0.2, 0) is 0 Å². The average Bonchev–Trinajstić information content (AvgIpc) is 2.27. The van der Waals surface area contributed by atoms with Crippen molar-refractivity contribution in [2.45, 2.75) is 20.0 Å². The minimum atomic E-state index is -4.35. The number of alkyl halides is 3. The molecule has 0 radical (unpaired) electrons. The van der Waals surface area contributed by atoms with Crippen LogP contribution in [0, 0.1) is 6.92 Å².